The second kappa shape index (κ2) is 7.08. The summed E-state index contributed by atoms with van der Waals surface area (Å²) < 4.78 is 1.07. The highest BCUT2D eigenvalue weighted by molar-refractivity contribution is 7.22. The fourth-order valence-corrected chi connectivity index (χ4v) is 4.48. The molecule has 2 heterocycles. The van der Waals surface area contributed by atoms with Gasteiger partial charge in [-0.2, -0.15) is 0 Å². The van der Waals surface area contributed by atoms with E-state index in [1.807, 2.05) is 37.3 Å². The van der Waals surface area contributed by atoms with E-state index in [0.717, 1.165) is 39.7 Å². The van der Waals surface area contributed by atoms with Crippen LogP contribution in [-0.4, -0.2) is 24.0 Å². The summed E-state index contributed by atoms with van der Waals surface area (Å²) in [4.78, 5) is 19.8. The van der Waals surface area contributed by atoms with Gasteiger partial charge in [-0.1, -0.05) is 29.0 Å². The van der Waals surface area contributed by atoms with Crippen LogP contribution in [0.4, 0.5) is 10.8 Å². The lowest BCUT2D eigenvalue weighted by Gasteiger charge is -2.25. The summed E-state index contributed by atoms with van der Waals surface area (Å²) in [7, 11) is 0. The van der Waals surface area contributed by atoms with Crippen molar-refractivity contribution in [1.82, 2.24) is 4.98 Å². The zero-order valence-electron chi connectivity index (χ0n) is 15.2. The summed E-state index contributed by atoms with van der Waals surface area (Å²) in [5.74, 6) is -0.0771. The molecule has 1 amide bonds. The fraction of sp³-hybridized carbons (Fsp3) is 0.333. The summed E-state index contributed by atoms with van der Waals surface area (Å²) in [5.41, 5.74) is 4.77. The van der Waals surface area contributed by atoms with Gasteiger partial charge in [-0.15, -0.1) is 0 Å². The molecule has 1 fully saturated rings. The van der Waals surface area contributed by atoms with Crippen molar-refractivity contribution in [3.63, 3.8) is 0 Å². The number of benzene rings is 2. The summed E-state index contributed by atoms with van der Waals surface area (Å²) in [6, 6.07) is 11.8. The first-order chi connectivity index (χ1) is 12.6. The first-order valence-electron chi connectivity index (χ1n) is 9.14. The molecule has 2 aromatic carbocycles. The Labute approximate surface area is 157 Å². The molecular weight excluding hydrogens is 342 g/mol. The molecule has 0 spiro atoms. The van der Waals surface area contributed by atoms with E-state index in [4.69, 9.17) is 4.98 Å². The first kappa shape index (κ1) is 17.0. The van der Waals surface area contributed by atoms with E-state index in [2.05, 4.69) is 23.2 Å². The van der Waals surface area contributed by atoms with Crippen LogP contribution >= 0.6 is 11.3 Å². The summed E-state index contributed by atoms with van der Waals surface area (Å²) in [5, 5.41) is 4.10. The minimum Gasteiger partial charge on any atom is -0.348 e. The summed E-state index contributed by atoms with van der Waals surface area (Å²) in [6.07, 6.45) is 3.78. The number of aryl methyl sites for hydroxylation is 2. The van der Waals surface area contributed by atoms with Gasteiger partial charge in [-0.3, -0.25) is 4.79 Å². The van der Waals surface area contributed by atoms with E-state index in [-0.39, 0.29) is 5.91 Å². The second-order valence-corrected chi connectivity index (χ2v) is 8.01. The molecule has 134 valence electrons. The van der Waals surface area contributed by atoms with Crippen molar-refractivity contribution in [2.45, 2.75) is 33.1 Å². The molecule has 0 atom stereocenters. The Hall–Kier alpha value is -2.40. The maximum atomic E-state index is 12.7. The van der Waals surface area contributed by atoms with Gasteiger partial charge in [0.2, 0.25) is 0 Å². The predicted molar refractivity (Wildman–Crippen MR) is 110 cm³/mol. The van der Waals surface area contributed by atoms with E-state index >= 15 is 0 Å². The molecule has 0 saturated carbocycles. The smallest absolute Gasteiger partial charge is 0.255 e. The number of aromatic nitrogens is 1. The molecule has 1 aliphatic rings. The third-order valence-electron chi connectivity index (χ3n) is 4.90. The van der Waals surface area contributed by atoms with Gasteiger partial charge in [0.05, 0.1) is 10.2 Å². The van der Waals surface area contributed by atoms with Crippen LogP contribution in [-0.2, 0) is 0 Å². The highest BCUT2D eigenvalue weighted by Crippen LogP contribution is 2.31. The Bertz CT molecular complexity index is 957. The van der Waals surface area contributed by atoms with Gasteiger partial charge in [0.15, 0.2) is 5.13 Å². The molecule has 0 radical (unpaired) electrons. The van der Waals surface area contributed by atoms with Crippen molar-refractivity contribution in [1.29, 1.82) is 0 Å². The highest BCUT2D eigenvalue weighted by Gasteiger charge is 2.16. The first-order valence-corrected chi connectivity index (χ1v) is 9.96. The number of anilines is 2. The Morgan fingerprint density at radius 1 is 1.08 bits per heavy atom. The topological polar surface area (TPSA) is 45.2 Å². The maximum absolute atomic E-state index is 12.7. The van der Waals surface area contributed by atoms with Crippen LogP contribution < -0.4 is 10.2 Å². The van der Waals surface area contributed by atoms with E-state index in [1.165, 1.54) is 24.8 Å². The molecule has 0 bridgehead atoms. The number of hydrogen-bond donors (Lipinski definition) is 1. The van der Waals surface area contributed by atoms with Crippen molar-refractivity contribution < 1.29 is 4.79 Å². The fourth-order valence-electron chi connectivity index (χ4n) is 3.42. The van der Waals surface area contributed by atoms with Crippen molar-refractivity contribution in [3.05, 3.63) is 53.1 Å². The van der Waals surface area contributed by atoms with Crippen LogP contribution in [0.25, 0.3) is 10.2 Å². The van der Waals surface area contributed by atoms with Crippen LogP contribution in [0.2, 0.25) is 0 Å². The monoisotopic (exact) mass is 365 g/mol. The van der Waals surface area contributed by atoms with E-state index in [9.17, 15) is 4.79 Å². The van der Waals surface area contributed by atoms with Crippen LogP contribution in [0.15, 0.2) is 36.4 Å². The van der Waals surface area contributed by atoms with Crippen molar-refractivity contribution in [3.8, 4) is 0 Å². The Kier molecular flexibility index (Phi) is 4.64. The average molecular weight is 366 g/mol. The molecular formula is C21H23N3OS. The number of carbonyl (C=O) groups is 1. The number of nitrogens with one attached hydrogen (secondary N) is 1. The molecule has 0 unspecified atom stereocenters. The van der Waals surface area contributed by atoms with Gasteiger partial charge >= 0.3 is 0 Å². The van der Waals surface area contributed by atoms with Gasteiger partial charge in [0.1, 0.15) is 0 Å². The van der Waals surface area contributed by atoms with Crippen molar-refractivity contribution in [2.75, 3.05) is 23.3 Å². The van der Waals surface area contributed by atoms with Gasteiger partial charge in [-0.25, -0.2) is 4.98 Å². The largest absolute Gasteiger partial charge is 0.348 e. The number of amides is 1. The minimum atomic E-state index is -0.0771. The van der Waals surface area contributed by atoms with Gasteiger partial charge in [0.25, 0.3) is 5.91 Å². The zero-order valence-corrected chi connectivity index (χ0v) is 16.0. The minimum absolute atomic E-state index is 0.0771. The highest BCUT2D eigenvalue weighted by atomic mass is 32.1. The SMILES string of the molecule is Cc1ccc(NC(=O)c2ccc3nc(N4CCCCC4)sc3c2)c(C)c1. The lowest BCUT2D eigenvalue weighted by atomic mass is 10.1. The molecule has 3 aromatic rings. The summed E-state index contributed by atoms with van der Waals surface area (Å²) >= 11 is 1.68. The van der Waals surface area contributed by atoms with Crippen LogP contribution in [0.5, 0.6) is 0 Å². The average Bonchev–Trinajstić information content (AvgIpc) is 3.08. The quantitative estimate of drug-likeness (QED) is 0.698. The van der Waals surface area contributed by atoms with E-state index < -0.39 is 0 Å². The molecule has 26 heavy (non-hydrogen) atoms. The molecule has 1 aliphatic heterocycles. The normalized spacial score (nSPS) is 14.6. The number of hydrogen-bond acceptors (Lipinski definition) is 4. The van der Waals surface area contributed by atoms with Gasteiger partial charge in [0, 0.05) is 24.3 Å². The maximum Gasteiger partial charge on any atom is 0.255 e. The van der Waals surface area contributed by atoms with Crippen LogP contribution in [0.3, 0.4) is 0 Å². The Morgan fingerprint density at radius 2 is 1.88 bits per heavy atom. The van der Waals surface area contributed by atoms with Crippen molar-refractivity contribution >= 4 is 38.3 Å². The Balaban J connectivity index is 1.57. The lowest BCUT2D eigenvalue weighted by molar-refractivity contribution is 0.102. The third-order valence-corrected chi connectivity index (χ3v) is 5.97. The molecule has 5 heteroatoms. The Morgan fingerprint density at radius 3 is 2.65 bits per heavy atom. The molecule has 4 nitrogen and oxygen atoms in total. The predicted octanol–water partition coefficient (Wildman–Crippen LogP) is 5.16. The molecule has 4 rings (SSSR count). The molecule has 0 aliphatic carbocycles. The van der Waals surface area contributed by atoms with Crippen LogP contribution in [0, 0.1) is 13.8 Å². The standard InChI is InChI=1S/C21H23N3OS/c1-14-6-8-17(15(2)12-14)22-20(25)16-7-9-18-19(13-16)26-21(23-18)24-10-4-3-5-11-24/h6-9,12-13H,3-5,10-11H2,1-2H3,(H,22,25). The molecule has 1 N–H and O–H groups in total. The zero-order chi connectivity index (χ0) is 18.1. The summed E-state index contributed by atoms with van der Waals surface area (Å²) in [6.45, 7) is 6.23. The molecule has 1 aromatic heterocycles. The number of carbonyl (C=O) groups excluding carboxylic acids is 1. The number of rotatable bonds is 3. The number of piperidine rings is 1. The van der Waals surface area contributed by atoms with E-state index in [0.29, 0.717) is 5.56 Å². The number of fused-ring (bicyclic) bond motifs is 1. The second-order valence-electron chi connectivity index (χ2n) is 7.00. The third kappa shape index (κ3) is 3.44. The lowest BCUT2D eigenvalue weighted by Crippen LogP contribution is -2.29. The van der Waals surface area contributed by atoms with Gasteiger partial charge in [-0.05, 0) is 62.9 Å². The van der Waals surface area contributed by atoms with Gasteiger partial charge < -0.3 is 10.2 Å². The number of thiazole rings is 1. The van der Waals surface area contributed by atoms with Crippen LogP contribution in [0.1, 0.15) is 40.7 Å². The molecule has 1 saturated heterocycles. The van der Waals surface area contributed by atoms with Crippen molar-refractivity contribution in [2.24, 2.45) is 0 Å². The number of nitrogens with zero attached hydrogens (tertiary/aromatic N) is 2. The van der Waals surface area contributed by atoms with E-state index in [1.54, 1.807) is 11.3 Å².